The summed E-state index contributed by atoms with van der Waals surface area (Å²) < 4.78 is 17.6. The zero-order valence-corrected chi connectivity index (χ0v) is 21.0. The number of hydrogen-bond acceptors (Lipinski definition) is 6. The van der Waals surface area contributed by atoms with Gasteiger partial charge < -0.3 is 14.2 Å². The van der Waals surface area contributed by atoms with Crippen molar-refractivity contribution in [2.24, 2.45) is 5.92 Å². The maximum atomic E-state index is 12.2. The first-order chi connectivity index (χ1) is 14.8. The van der Waals surface area contributed by atoms with Crippen LogP contribution in [-0.2, 0) is 23.8 Å². The first-order valence-electron chi connectivity index (χ1n) is 12.4. The molecule has 0 N–H and O–H groups in total. The van der Waals surface area contributed by atoms with Gasteiger partial charge in [0.1, 0.15) is 11.4 Å². The molecule has 2 fully saturated rings. The van der Waals surface area contributed by atoms with Gasteiger partial charge in [0.2, 0.25) is 0 Å². The van der Waals surface area contributed by atoms with Crippen molar-refractivity contribution in [1.29, 1.82) is 0 Å². The molecular formula is C25H44O5S. The zero-order valence-electron chi connectivity index (χ0n) is 20.2. The van der Waals surface area contributed by atoms with Crippen molar-refractivity contribution in [3.05, 3.63) is 0 Å². The summed E-state index contributed by atoms with van der Waals surface area (Å²) in [6, 6.07) is 0. The first-order valence-corrected chi connectivity index (χ1v) is 13.4. The molecule has 1 heterocycles. The Morgan fingerprint density at radius 3 is 2.35 bits per heavy atom. The van der Waals surface area contributed by atoms with Gasteiger partial charge in [-0.3, -0.25) is 9.59 Å². The highest BCUT2D eigenvalue weighted by Gasteiger charge is 2.52. The maximum Gasteiger partial charge on any atom is 0.306 e. The van der Waals surface area contributed by atoms with Crippen LogP contribution in [0.25, 0.3) is 0 Å². The van der Waals surface area contributed by atoms with Crippen LogP contribution >= 0.6 is 11.8 Å². The Balaban J connectivity index is 1.72. The number of ketones is 1. The Bertz CT molecular complexity index is 551. The minimum absolute atomic E-state index is 0.102. The number of carbonyl (C=O) groups excluding carboxylic acids is 2. The third kappa shape index (κ3) is 9.43. The van der Waals surface area contributed by atoms with E-state index in [1.807, 2.05) is 32.5 Å². The topological polar surface area (TPSA) is 61.8 Å². The fourth-order valence-electron chi connectivity index (χ4n) is 4.67. The highest BCUT2D eigenvalue weighted by Crippen LogP contribution is 2.49. The average Bonchev–Trinajstić information content (AvgIpc) is 3.30. The highest BCUT2D eigenvalue weighted by atomic mass is 32.2. The summed E-state index contributed by atoms with van der Waals surface area (Å²) >= 11 is 1.83. The third-order valence-corrected chi connectivity index (χ3v) is 7.63. The predicted octanol–water partition coefficient (Wildman–Crippen LogP) is 6.07. The van der Waals surface area contributed by atoms with Gasteiger partial charge in [-0.15, -0.1) is 0 Å². The number of rotatable bonds is 14. The van der Waals surface area contributed by atoms with Gasteiger partial charge in [0, 0.05) is 30.4 Å². The van der Waals surface area contributed by atoms with E-state index in [1.54, 1.807) is 0 Å². The molecule has 2 unspecified atom stereocenters. The monoisotopic (exact) mass is 456 g/mol. The van der Waals surface area contributed by atoms with Gasteiger partial charge in [-0.25, -0.2) is 0 Å². The van der Waals surface area contributed by atoms with Crippen LogP contribution in [0.1, 0.15) is 105 Å². The van der Waals surface area contributed by atoms with Crippen LogP contribution in [0, 0.1) is 5.92 Å². The molecule has 2 aliphatic rings. The Kier molecular flexibility index (Phi) is 11.4. The van der Waals surface area contributed by atoms with Gasteiger partial charge in [0.25, 0.3) is 0 Å². The molecule has 1 spiro atoms. The Morgan fingerprint density at radius 1 is 1.00 bits per heavy atom. The molecule has 6 heteroatoms. The molecule has 0 aromatic heterocycles. The number of ether oxygens (including phenoxy) is 3. The lowest BCUT2D eigenvalue weighted by Gasteiger charge is -2.32. The fourth-order valence-corrected chi connectivity index (χ4v) is 6.08. The van der Waals surface area contributed by atoms with E-state index >= 15 is 0 Å². The molecule has 0 aromatic rings. The number of hydrogen-bond donors (Lipinski definition) is 0. The van der Waals surface area contributed by atoms with Crippen molar-refractivity contribution in [3.8, 4) is 0 Å². The summed E-state index contributed by atoms with van der Waals surface area (Å²) in [7, 11) is 0. The van der Waals surface area contributed by atoms with E-state index < -0.39 is 11.4 Å². The van der Waals surface area contributed by atoms with E-state index in [2.05, 4.69) is 6.92 Å². The van der Waals surface area contributed by atoms with Gasteiger partial charge in [-0.1, -0.05) is 39.0 Å². The number of unbranched alkanes of at least 4 members (excludes halogenated alkanes) is 5. The van der Waals surface area contributed by atoms with Gasteiger partial charge in [-0.2, -0.15) is 11.8 Å². The SMILES string of the molecule is CCCCCC(=O)CSC1CCC2(OCCO2)C1CCCCCCC(=O)OC(C)(C)C. The summed E-state index contributed by atoms with van der Waals surface area (Å²) in [6.45, 7) is 9.24. The van der Waals surface area contributed by atoms with Crippen molar-refractivity contribution in [1.82, 2.24) is 0 Å². The summed E-state index contributed by atoms with van der Waals surface area (Å²) in [5.41, 5.74) is -0.404. The largest absolute Gasteiger partial charge is 0.460 e. The summed E-state index contributed by atoms with van der Waals surface area (Å²) in [4.78, 5) is 24.1. The number of Topliss-reactive ketones (excluding diaryl/α,β-unsaturated/α-hetero) is 1. The maximum absolute atomic E-state index is 12.2. The van der Waals surface area contributed by atoms with Crippen LogP contribution < -0.4 is 0 Å². The molecule has 1 saturated heterocycles. The third-order valence-electron chi connectivity index (χ3n) is 6.15. The summed E-state index contributed by atoms with van der Waals surface area (Å²) in [5.74, 6) is 0.842. The van der Waals surface area contributed by atoms with E-state index in [0.717, 1.165) is 64.2 Å². The number of carbonyl (C=O) groups is 2. The molecule has 5 nitrogen and oxygen atoms in total. The lowest BCUT2D eigenvalue weighted by molar-refractivity contribution is -0.182. The van der Waals surface area contributed by atoms with Crippen molar-refractivity contribution >= 4 is 23.5 Å². The number of thioether (sulfide) groups is 1. The molecule has 0 radical (unpaired) electrons. The highest BCUT2D eigenvalue weighted by molar-refractivity contribution is 8.00. The van der Waals surface area contributed by atoms with E-state index in [4.69, 9.17) is 14.2 Å². The molecule has 1 aliphatic heterocycles. The van der Waals surface area contributed by atoms with Crippen LogP contribution in [0.2, 0.25) is 0 Å². The second-order valence-corrected chi connectivity index (χ2v) is 11.3. The number of esters is 1. The summed E-state index contributed by atoms with van der Waals surface area (Å²) in [5, 5.41) is 0.440. The van der Waals surface area contributed by atoms with Crippen LogP contribution in [0.4, 0.5) is 0 Å². The predicted molar refractivity (Wildman–Crippen MR) is 126 cm³/mol. The Morgan fingerprint density at radius 2 is 1.68 bits per heavy atom. The summed E-state index contributed by atoms with van der Waals surface area (Å²) in [6.07, 6.45) is 11.7. The van der Waals surface area contributed by atoms with E-state index in [9.17, 15) is 9.59 Å². The molecular weight excluding hydrogens is 412 g/mol. The van der Waals surface area contributed by atoms with Crippen LogP contribution in [0.15, 0.2) is 0 Å². The second-order valence-electron chi connectivity index (χ2n) is 10.0. The van der Waals surface area contributed by atoms with E-state index in [0.29, 0.717) is 48.8 Å². The molecule has 0 aromatic carbocycles. The van der Waals surface area contributed by atoms with Crippen LogP contribution in [-0.4, -0.2) is 47.4 Å². The van der Waals surface area contributed by atoms with Gasteiger partial charge in [0.05, 0.1) is 19.0 Å². The smallest absolute Gasteiger partial charge is 0.306 e. The van der Waals surface area contributed by atoms with Gasteiger partial charge >= 0.3 is 5.97 Å². The van der Waals surface area contributed by atoms with Crippen LogP contribution in [0.3, 0.4) is 0 Å². The molecule has 1 saturated carbocycles. The minimum atomic E-state index is -0.417. The van der Waals surface area contributed by atoms with E-state index in [1.165, 1.54) is 0 Å². The standard InChI is InChI=1S/C25H44O5S/c1-5-6-9-12-20(26)19-31-22-15-16-25(28-17-18-29-25)21(22)13-10-7-8-11-14-23(27)30-24(2,3)4/h21-22H,5-19H2,1-4H3. The molecule has 2 rings (SSSR count). The molecule has 0 bridgehead atoms. The first kappa shape index (κ1) is 26.7. The molecule has 180 valence electrons. The van der Waals surface area contributed by atoms with Crippen molar-refractivity contribution in [2.75, 3.05) is 19.0 Å². The van der Waals surface area contributed by atoms with Gasteiger partial charge in [0.15, 0.2) is 5.79 Å². The second kappa shape index (κ2) is 13.2. The minimum Gasteiger partial charge on any atom is -0.460 e. The zero-order chi connectivity index (χ0) is 22.7. The Labute approximate surface area is 193 Å². The van der Waals surface area contributed by atoms with Crippen molar-refractivity contribution in [2.45, 2.75) is 121 Å². The lowest BCUT2D eigenvalue weighted by atomic mass is 9.94. The molecule has 31 heavy (non-hydrogen) atoms. The van der Waals surface area contributed by atoms with Crippen molar-refractivity contribution < 1.29 is 23.8 Å². The Hall–Kier alpha value is -0.590. The van der Waals surface area contributed by atoms with Crippen molar-refractivity contribution in [3.63, 3.8) is 0 Å². The molecule has 2 atom stereocenters. The molecule has 0 amide bonds. The van der Waals surface area contributed by atoms with E-state index in [-0.39, 0.29) is 5.97 Å². The molecule has 1 aliphatic carbocycles. The average molecular weight is 457 g/mol. The normalized spacial score (nSPS) is 22.8. The van der Waals surface area contributed by atoms with Gasteiger partial charge in [-0.05, 0) is 46.5 Å². The quantitative estimate of drug-likeness (QED) is 0.233. The lowest BCUT2D eigenvalue weighted by Crippen LogP contribution is -2.37. The fraction of sp³-hybridized carbons (Fsp3) is 0.920. The van der Waals surface area contributed by atoms with Crippen LogP contribution in [0.5, 0.6) is 0 Å².